The Labute approximate surface area is 130 Å². The van der Waals surface area contributed by atoms with Gasteiger partial charge >= 0.3 is 0 Å². The predicted molar refractivity (Wildman–Crippen MR) is 86.9 cm³/mol. The number of para-hydroxylation sites is 2. The lowest BCUT2D eigenvalue weighted by Crippen LogP contribution is -2.37. The first-order valence-corrected chi connectivity index (χ1v) is 7.87. The molecule has 1 aliphatic rings. The number of piperidine rings is 1. The van der Waals surface area contributed by atoms with Crippen molar-refractivity contribution in [3.8, 4) is 0 Å². The molecule has 6 nitrogen and oxygen atoms in total. The first-order valence-electron chi connectivity index (χ1n) is 7.87. The fourth-order valence-electron chi connectivity index (χ4n) is 2.87. The van der Waals surface area contributed by atoms with Gasteiger partial charge in [0.1, 0.15) is 6.73 Å². The van der Waals surface area contributed by atoms with E-state index < -0.39 is 0 Å². The van der Waals surface area contributed by atoms with Crippen LogP contribution in [0.5, 0.6) is 0 Å². The van der Waals surface area contributed by atoms with Crippen LogP contribution in [0, 0.1) is 0 Å². The summed E-state index contributed by atoms with van der Waals surface area (Å²) in [6, 6.07) is 8.51. The minimum Gasteiger partial charge on any atom is -0.394 e. The molecule has 1 aromatic carbocycles. The van der Waals surface area contributed by atoms with E-state index in [-0.39, 0.29) is 6.61 Å². The van der Waals surface area contributed by atoms with Gasteiger partial charge in [0.15, 0.2) is 0 Å². The highest BCUT2D eigenvalue weighted by molar-refractivity contribution is 5.78. The maximum atomic E-state index is 8.89. The summed E-state index contributed by atoms with van der Waals surface area (Å²) >= 11 is 0. The van der Waals surface area contributed by atoms with Crippen LogP contribution in [0.4, 0.5) is 5.95 Å². The number of likely N-dealkylation sites (tertiary alicyclic amines) is 1. The Morgan fingerprint density at radius 1 is 1.32 bits per heavy atom. The van der Waals surface area contributed by atoms with Gasteiger partial charge in [0.25, 0.3) is 0 Å². The van der Waals surface area contributed by atoms with Gasteiger partial charge < -0.3 is 20.1 Å². The van der Waals surface area contributed by atoms with E-state index in [4.69, 9.17) is 14.8 Å². The average Bonchev–Trinajstić information content (AvgIpc) is 2.88. The monoisotopic (exact) mass is 304 g/mol. The molecule has 1 saturated heterocycles. The minimum atomic E-state index is 0.0321. The van der Waals surface area contributed by atoms with E-state index in [2.05, 4.69) is 17.3 Å². The van der Waals surface area contributed by atoms with E-state index in [1.807, 2.05) is 28.8 Å². The first-order chi connectivity index (χ1) is 10.8. The highest BCUT2D eigenvalue weighted by Crippen LogP contribution is 2.22. The van der Waals surface area contributed by atoms with Crippen molar-refractivity contribution >= 4 is 17.0 Å². The summed E-state index contributed by atoms with van der Waals surface area (Å²) in [5.41, 5.74) is 2.02. The number of benzene rings is 1. The van der Waals surface area contributed by atoms with Gasteiger partial charge in [-0.2, -0.15) is 0 Å². The molecular weight excluding hydrogens is 280 g/mol. The molecule has 1 aliphatic heterocycles. The Morgan fingerprint density at radius 2 is 2.09 bits per heavy atom. The molecule has 0 aliphatic carbocycles. The van der Waals surface area contributed by atoms with Gasteiger partial charge in [-0.15, -0.1) is 0 Å². The first kappa shape index (κ1) is 15.3. The number of ether oxygens (including phenoxy) is 1. The molecule has 2 N–H and O–H groups in total. The zero-order valence-corrected chi connectivity index (χ0v) is 13.0. The van der Waals surface area contributed by atoms with Crippen molar-refractivity contribution in [2.45, 2.75) is 25.6 Å². The van der Waals surface area contributed by atoms with E-state index >= 15 is 0 Å². The Kier molecular flexibility index (Phi) is 4.92. The summed E-state index contributed by atoms with van der Waals surface area (Å²) < 4.78 is 7.55. The van der Waals surface area contributed by atoms with E-state index in [0.29, 0.717) is 19.4 Å². The molecule has 2 aromatic rings. The number of aliphatic hydroxyl groups is 1. The minimum absolute atomic E-state index is 0.0321. The Morgan fingerprint density at radius 3 is 2.86 bits per heavy atom. The van der Waals surface area contributed by atoms with Crippen molar-refractivity contribution in [2.24, 2.45) is 0 Å². The molecule has 3 rings (SSSR count). The molecule has 0 atom stereocenters. The lowest BCUT2D eigenvalue weighted by atomic mass is 10.1. The molecule has 0 amide bonds. The number of aliphatic hydroxyl groups excluding tert-OH is 1. The van der Waals surface area contributed by atoms with Crippen molar-refractivity contribution in [1.82, 2.24) is 14.5 Å². The fourth-order valence-corrected chi connectivity index (χ4v) is 2.87. The van der Waals surface area contributed by atoms with Gasteiger partial charge in [-0.25, -0.2) is 4.98 Å². The molecule has 0 radical (unpaired) electrons. The smallest absolute Gasteiger partial charge is 0.206 e. The summed E-state index contributed by atoms with van der Waals surface area (Å²) in [6.07, 6.45) is 2.24. The number of hydrogen-bond donors (Lipinski definition) is 2. The maximum absolute atomic E-state index is 8.89. The third kappa shape index (κ3) is 3.40. The summed E-state index contributed by atoms with van der Waals surface area (Å²) in [5.74, 6) is 0.855. The second-order valence-corrected chi connectivity index (χ2v) is 5.83. The van der Waals surface area contributed by atoms with Crippen LogP contribution in [-0.4, -0.2) is 59.0 Å². The van der Waals surface area contributed by atoms with E-state index in [1.54, 1.807) is 0 Å². The fraction of sp³-hybridized carbons (Fsp3) is 0.562. The van der Waals surface area contributed by atoms with Gasteiger partial charge in [-0.3, -0.25) is 4.57 Å². The van der Waals surface area contributed by atoms with Gasteiger partial charge in [0, 0.05) is 6.04 Å². The summed E-state index contributed by atoms with van der Waals surface area (Å²) in [4.78, 5) is 7.05. The van der Waals surface area contributed by atoms with Crippen molar-refractivity contribution in [3.63, 3.8) is 0 Å². The van der Waals surface area contributed by atoms with Gasteiger partial charge in [0.05, 0.1) is 24.2 Å². The molecule has 0 unspecified atom stereocenters. The summed E-state index contributed by atoms with van der Waals surface area (Å²) in [6.45, 7) is 2.98. The molecular formula is C16H24N4O2. The Balaban J connectivity index is 1.79. The van der Waals surface area contributed by atoms with Gasteiger partial charge in [0.2, 0.25) is 5.95 Å². The second kappa shape index (κ2) is 7.09. The number of nitrogens with one attached hydrogen (secondary N) is 1. The van der Waals surface area contributed by atoms with Crippen LogP contribution in [0.15, 0.2) is 24.3 Å². The van der Waals surface area contributed by atoms with E-state index in [1.165, 1.54) is 0 Å². The number of nitrogens with zero attached hydrogens (tertiary/aromatic N) is 3. The van der Waals surface area contributed by atoms with Crippen LogP contribution in [0.3, 0.4) is 0 Å². The van der Waals surface area contributed by atoms with E-state index in [9.17, 15) is 0 Å². The normalized spacial score (nSPS) is 17.2. The zero-order chi connectivity index (χ0) is 15.4. The highest BCUT2D eigenvalue weighted by Gasteiger charge is 2.19. The lowest BCUT2D eigenvalue weighted by Gasteiger charge is -2.29. The summed E-state index contributed by atoms with van der Waals surface area (Å²) in [5, 5.41) is 12.5. The largest absolute Gasteiger partial charge is 0.394 e. The molecule has 2 heterocycles. The lowest BCUT2D eigenvalue weighted by molar-refractivity contribution is 0.0510. The van der Waals surface area contributed by atoms with Crippen molar-refractivity contribution in [2.75, 3.05) is 38.7 Å². The van der Waals surface area contributed by atoms with Crippen LogP contribution in [0.25, 0.3) is 11.0 Å². The molecule has 0 spiro atoms. The van der Waals surface area contributed by atoms with Crippen molar-refractivity contribution in [1.29, 1.82) is 0 Å². The maximum Gasteiger partial charge on any atom is 0.206 e. The van der Waals surface area contributed by atoms with Crippen LogP contribution in [0.2, 0.25) is 0 Å². The Bertz CT molecular complexity index is 605. The Hall–Kier alpha value is -1.63. The standard InChI is InChI=1S/C16H24N4O2/c1-19-8-6-13(7-9-19)17-16-18-14-4-2-3-5-15(14)20(16)12-22-11-10-21/h2-5,13,21H,6-12H2,1H3,(H,17,18). The zero-order valence-electron chi connectivity index (χ0n) is 13.0. The van der Waals surface area contributed by atoms with Crippen molar-refractivity contribution < 1.29 is 9.84 Å². The molecule has 1 fully saturated rings. The quantitative estimate of drug-likeness (QED) is 0.792. The van der Waals surface area contributed by atoms with Gasteiger partial charge in [-0.1, -0.05) is 12.1 Å². The molecule has 0 saturated carbocycles. The number of anilines is 1. The average molecular weight is 304 g/mol. The molecule has 0 bridgehead atoms. The molecule has 22 heavy (non-hydrogen) atoms. The SMILES string of the molecule is CN1CCC(Nc2nc3ccccc3n2COCCO)CC1. The van der Waals surface area contributed by atoms with Crippen LogP contribution >= 0.6 is 0 Å². The van der Waals surface area contributed by atoms with Crippen LogP contribution in [0.1, 0.15) is 12.8 Å². The number of aromatic nitrogens is 2. The van der Waals surface area contributed by atoms with E-state index in [0.717, 1.165) is 42.9 Å². The third-order valence-electron chi connectivity index (χ3n) is 4.16. The molecule has 120 valence electrons. The number of fused-ring (bicyclic) bond motifs is 1. The van der Waals surface area contributed by atoms with Crippen molar-refractivity contribution in [3.05, 3.63) is 24.3 Å². The number of rotatable bonds is 6. The van der Waals surface area contributed by atoms with Gasteiger partial charge in [-0.05, 0) is 45.1 Å². The topological polar surface area (TPSA) is 62.6 Å². The predicted octanol–water partition coefficient (Wildman–Crippen LogP) is 1.51. The van der Waals surface area contributed by atoms with Crippen LogP contribution < -0.4 is 5.32 Å². The third-order valence-corrected chi connectivity index (χ3v) is 4.16. The highest BCUT2D eigenvalue weighted by atomic mass is 16.5. The van der Waals surface area contributed by atoms with Crippen LogP contribution in [-0.2, 0) is 11.5 Å². The molecule has 1 aromatic heterocycles. The molecule has 6 heteroatoms. The number of hydrogen-bond acceptors (Lipinski definition) is 5. The second-order valence-electron chi connectivity index (χ2n) is 5.83. The summed E-state index contributed by atoms with van der Waals surface area (Å²) in [7, 11) is 2.16. The number of imidazole rings is 1.